The maximum Gasteiger partial charge on any atom is 0.277 e. The number of thioether (sulfide) groups is 1. The van der Waals surface area contributed by atoms with E-state index in [2.05, 4.69) is 15.5 Å². The van der Waals surface area contributed by atoms with Crippen LogP contribution in [0.4, 0.5) is 5.69 Å². The van der Waals surface area contributed by atoms with Gasteiger partial charge in [-0.3, -0.25) is 4.79 Å². The number of aryl methyl sites for hydroxylation is 1. The maximum absolute atomic E-state index is 12.2. The number of hydrogen-bond donors (Lipinski definition) is 1. The number of halogens is 1. The summed E-state index contributed by atoms with van der Waals surface area (Å²) in [6.07, 6.45) is 0. The standard InChI is InChI=1S/C19H18ClN3O4S/c1-11-4-6-13(20)9-14(11)21-17(24)10-28-19-23-22-18(27-19)12-5-7-15(25-2)16(8-12)26-3/h4-9H,10H2,1-3H3,(H,21,24). The lowest BCUT2D eigenvalue weighted by molar-refractivity contribution is -0.113. The Hall–Kier alpha value is -2.71. The molecule has 0 saturated heterocycles. The third kappa shape index (κ3) is 4.76. The van der Waals surface area contributed by atoms with Gasteiger partial charge in [0.1, 0.15) is 0 Å². The Labute approximate surface area is 171 Å². The lowest BCUT2D eigenvalue weighted by atomic mass is 10.2. The molecule has 3 aromatic rings. The zero-order valence-electron chi connectivity index (χ0n) is 15.5. The summed E-state index contributed by atoms with van der Waals surface area (Å²) >= 11 is 7.12. The molecule has 0 aliphatic heterocycles. The number of ether oxygens (including phenoxy) is 2. The third-order valence-corrected chi connectivity index (χ3v) is 4.89. The molecule has 146 valence electrons. The topological polar surface area (TPSA) is 86.5 Å². The van der Waals surface area contributed by atoms with Crippen molar-refractivity contribution in [1.82, 2.24) is 10.2 Å². The Balaban J connectivity index is 1.63. The molecule has 1 aromatic heterocycles. The highest BCUT2D eigenvalue weighted by Crippen LogP contribution is 2.32. The van der Waals surface area contributed by atoms with E-state index in [1.54, 1.807) is 44.6 Å². The van der Waals surface area contributed by atoms with Crippen molar-refractivity contribution in [2.45, 2.75) is 12.1 Å². The molecule has 0 fully saturated rings. The van der Waals surface area contributed by atoms with Crippen LogP contribution in [0, 0.1) is 6.92 Å². The molecule has 0 bridgehead atoms. The highest BCUT2D eigenvalue weighted by molar-refractivity contribution is 7.99. The summed E-state index contributed by atoms with van der Waals surface area (Å²) in [6.45, 7) is 1.90. The summed E-state index contributed by atoms with van der Waals surface area (Å²) in [5.41, 5.74) is 2.29. The monoisotopic (exact) mass is 419 g/mol. The van der Waals surface area contributed by atoms with Crippen LogP contribution in [-0.2, 0) is 4.79 Å². The molecule has 0 atom stereocenters. The van der Waals surface area contributed by atoms with Crippen LogP contribution in [0.2, 0.25) is 5.02 Å². The number of carbonyl (C=O) groups is 1. The number of anilines is 1. The minimum atomic E-state index is -0.193. The minimum absolute atomic E-state index is 0.125. The van der Waals surface area contributed by atoms with Crippen LogP contribution in [0.5, 0.6) is 11.5 Å². The second kappa shape index (κ2) is 8.99. The number of methoxy groups -OCH3 is 2. The number of nitrogens with zero attached hydrogens (tertiary/aromatic N) is 2. The second-order valence-electron chi connectivity index (χ2n) is 5.74. The molecule has 3 rings (SSSR count). The van der Waals surface area contributed by atoms with E-state index in [1.165, 1.54) is 0 Å². The first-order valence-corrected chi connectivity index (χ1v) is 9.61. The van der Waals surface area contributed by atoms with E-state index in [-0.39, 0.29) is 11.7 Å². The van der Waals surface area contributed by atoms with E-state index in [0.29, 0.717) is 38.9 Å². The van der Waals surface area contributed by atoms with Gasteiger partial charge in [-0.15, -0.1) is 10.2 Å². The zero-order chi connectivity index (χ0) is 20.1. The molecule has 7 nitrogen and oxygen atoms in total. The zero-order valence-corrected chi connectivity index (χ0v) is 17.1. The van der Waals surface area contributed by atoms with Crippen LogP contribution in [0.25, 0.3) is 11.5 Å². The average molecular weight is 420 g/mol. The van der Waals surface area contributed by atoms with Crippen molar-refractivity contribution in [3.05, 3.63) is 47.0 Å². The fourth-order valence-corrected chi connectivity index (χ4v) is 3.13. The molecule has 2 aromatic carbocycles. The first-order chi connectivity index (χ1) is 13.5. The van der Waals surface area contributed by atoms with Crippen LogP contribution in [0.1, 0.15) is 5.56 Å². The van der Waals surface area contributed by atoms with Gasteiger partial charge < -0.3 is 19.2 Å². The van der Waals surface area contributed by atoms with E-state index < -0.39 is 0 Å². The molecule has 1 amide bonds. The van der Waals surface area contributed by atoms with Crippen LogP contribution in [0.3, 0.4) is 0 Å². The van der Waals surface area contributed by atoms with E-state index in [1.807, 2.05) is 13.0 Å². The summed E-state index contributed by atoms with van der Waals surface area (Å²) in [7, 11) is 3.12. The lowest BCUT2D eigenvalue weighted by Gasteiger charge is -2.08. The van der Waals surface area contributed by atoms with Crippen LogP contribution in [-0.4, -0.2) is 36.1 Å². The SMILES string of the molecule is COc1ccc(-c2nnc(SCC(=O)Nc3cc(Cl)ccc3C)o2)cc1OC. The van der Waals surface area contributed by atoms with Gasteiger partial charge in [0.05, 0.1) is 20.0 Å². The molecular weight excluding hydrogens is 402 g/mol. The first-order valence-electron chi connectivity index (χ1n) is 8.25. The van der Waals surface area contributed by atoms with E-state index >= 15 is 0 Å². The van der Waals surface area contributed by atoms with Gasteiger partial charge in [-0.1, -0.05) is 29.4 Å². The Morgan fingerprint density at radius 3 is 2.68 bits per heavy atom. The van der Waals surface area contributed by atoms with Crippen molar-refractivity contribution in [2.24, 2.45) is 0 Å². The molecule has 9 heteroatoms. The van der Waals surface area contributed by atoms with E-state index in [0.717, 1.165) is 17.3 Å². The van der Waals surface area contributed by atoms with Crippen molar-refractivity contribution < 1.29 is 18.7 Å². The van der Waals surface area contributed by atoms with Crippen molar-refractivity contribution in [3.63, 3.8) is 0 Å². The quantitative estimate of drug-likeness (QED) is 0.566. The van der Waals surface area contributed by atoms with Gasteiger partial charge in [-0.2, -0.15) is 0 Å². The molecule has 0 radical (unpaired) electrons. The molecule has 0 spiro atoms. The smallest absolute Gasteiger partial charge is 0.277 e. The predicted octanol–water partition coefficient (Wildman–Crippen LogP) is 4.45. The van der Waals surface area contributed by atoms with Gasteiger partial charge >= 0.3 is 0 Å². The Morgan fingerprint density at radius 1 is 1.14 bits per heavy atom. The molecule has 0 aliphatic rings. The Kier molecular flexibility index (Phi) is 6.43. The molecule has 28 heavy (non-hydrogen) atoms. The molecule has 1 heterocycles. The highest BCUT2D eigenvalue weighted by Gasteiger charge is 2.14. The Morgan fingerprint density at radius 2 is 1.93 bits per heavy atom. The minimum Gasteiger partial charge on any atom is -0.493 e. The van der Waals surface area contributed by atoms with Crippen molar-refractivity contribution >= 4 is 35.0 Å². The fraction of sp³-hybridized carbons (Fsp3) is 0.211. The van der Waals surface area contributed by atoms with Gasteiger partial charge in [0.15, 0.2) is 11.5 Å². The summed E-state index contributed by atoms with van der Waals surface area (Å²) < 4.78 is 16.1. The highest BCUT2D eigenvalue weighted by atomic mass is 35.5. The van der Waals surface area contributed by atoms with Gasteiger partial charge in [-0.05, 0) is 42.8 Å². The lowest BCUT2D eigenvalue weighted by Crippen LogP contribution is -2.14. The number of aromatic nitrogens is 2. The molecule has 1 N–H and O–H groups in total. The predicted molar refractivity (Wildman–Crippen MR) is 108 cm³/mol. The summed E-state index contributed by atoms with van der Waals surface area (Å²) in [6, 6.07) is 10.6. The number of rotatable bonds is 7. The van der Waals surface area contributed by atoms with Gasteiger partial charge in [0.2, 0.25) is 11.8 Å². The van der Waals surface area contributed by atoms with Crippen molar-refractivity contribution in [2.75, 3.05) is 25.3 Å². The third-order valence-electron chi connectivity index (χ3n) is 3.84. The van der Waals surface area contributed by atoms with Gasteiger partial charge in [0.25, 0.3) is 5.22 Å². The molecular formula is C19H18ClN3O4S. The number of nitrogens with one attached hydrogen (secondary N) is 1. The molecule has 0 saturated carbocycles. The van der Waals surface area contributed by atoms with Gasteiger partial charge in [-0.25, -0.2) is 0 Å². The van der Waals surface area contributed by atoms with Crippen LogP contribution < -0.4 is 14.8 Å². The maximum atomic E-state index is 12.2. The van der Waals surface area contributed by atoms with E-state index in [4.69, 9.17) is 25.5 Å². The molecule has 0 aliphatic carbocycles. The summed E-state index contributed by atoms with van der Waals surface area (Å²) in [5, 5.41) is 11.7. The van der Waals surface area contributed by atoms with E-state index in [9.17, 15) is 4.79 Å². The van der Waals surface area contributed by atoms with Crippen LogP contribution in [0.15, 0.2) is 46.0 Å². The Bertz CT molecular complexity index is 993. The number of carbonyl (C=O) groups excluding carboxylic acids is 1. The summed E-state index contributed by atoms with van der Waals surface area (Å²) in [4.78, 5) is 12.2. The number of amides is 1. The van der Waals surface area contributed by atoms with Crippen molar-refractivity contribution in [1.29, 1.82) is 0 Å². The molecule has 0 unspecified atom stereocenters. The first kappa shape index (κ1) is 20.0. The summed E-state index contributed by atoms with van der Waals surface area (Å²) in [5.74, 6) is 1.42. The fourth-order valence-electron chi connectivity index (χ4n) is 2.40. The number of benzene rings is 2. The second-order valence-corrected chi connectivity index (χ2v) is 7.10. The van der Waals surface area contributed by atoms with Gasteiger partial charge in [0, 0.05) is 16.3 Å². The van der Waals surface area contributed by atoms with Crippen LogP contribution >= 0.6 is 23.4 Å². The van der Waals surface area contributed by atoms with Crippen molar-refractivity contribution in [3.8, 4) is 23.0 Å². The average Bonchev–Trinajstić information content (AvgIpc) is 3.17. The normalized spacial score (nSPS) is 10.6. The number of hydrogen-bond acceptors (Lipinski definition) is 7. The largest absolute Gasteiger partial charge is 0.493 e.